The molecule has 1 fully saturated rings. The van der Waals surface area contributed by atoms with Crippen LogP contribution in [0.2, 0.25) is 0 Å². The van der Waals surface area contributed by atoms with Crippen LogP contribution in [0.4, 0.5) is 8.78 Å². The zero-order chi connectivity index (χ0) is 13.1. The van der Waals surface area contributed by atoms with E-state index in [-0.39, 0.29) is 6.04 Å². The molecule has 0 radical (unpaired) electrons. The zero-order valence-corrected chi connectivity index (χ0v) is 11.1. The van der Waals surface area contributed by atoms with Gasteiger partial charge in [-0.3, -0.25) is 0 Å². The second kappa shape index (κ2) is 5.79. The van der Waals surface area contributed by atoms with Gasteiger partial charge in [0.15, 0.2) is 11.6 Å². The molecule has 0 spiro atoms. The van der Waals surface area contributed by atoms with Gasteiger partial charge in [0.1, 0.15) is 0 Å². The van der Waals surface area contributed by atoms with Crippen LogP contribution < -0.4 is 5.32 Å². The van der Waals surface area contributed by atoms with Crippen LogP contribution in [0.1, 0.15) is 49.8 Å². The number of nitrogens with one attached hydrogen (secondary N) is 1. The monoisotopic (exact) mass is 253 g/mol. The van der Waals surface area contributed by atoms with E-state index >= 15 is 0 Å². The summed E-state index contributed by atoms with van der Waals surface area (Å²) in [6.45, 7) is 4.52. The van der Waals surface area contributed by atoms with Gasteiger partial charge in [0.2, 0.25) is 0 Å². The molecular weight excluding hydrogens is 232 g/mol. The summed E-state index contributed by atoms with van der Waals surface area (Å²) in [5, 5.41) is 3.37. The Bertz CT molecular complexity index is 413. The first-order chi connectivity index (χ1) is 8.65. The highest BCUT2D eigenvalue weighted by Gasteiger charge is 2.30. The van der Waals surface area contributed by atoms with Crippen LogP contribution in [0.25, 0.3) is 0 Å². The predicted octanol–water partition coefficient (Wildman–Crippen LogP) is 4.11. The fourth-order valence-electron chi connectivity index (χ4n) is 2.50. The van der Waals surface area contributed by atoms with Crippen LogP contribution in [0.15, 0.2) is 12.1 Å². The molecule has 18 heavy (non-hydrogen) atoms. The number of hydrogen-bond acceptors (Lipinski definition) is 1. The van der Waals surface area contributed by atoms with E-state index < -0.39 is 11.6 Å². The predicted molar refractivity (Wildman–Crippen MR) is 69.5 cm³/mol. The van der Waals surface area contributed by atoms with Crippen LogP contribution >= 0.6 is 0 Å². The summed E-state index contributed by atoms with van der Waals surface area (Å²) in [5.41, 5.74) is 0.871. The largest absolute Gasteiger partial charge is 0.310 e. The quantitative estimate of drug-likeness (QED) is 0.832. The fourth-order valence-corrected chi connectivity index (χ4v) is 2.50. The van der Waals surface area contributed by atoms with Gasteiger partial charge in [-0.15, -0.1) is 0 Å². The first-order valence-electron chi connectivity index (χ1n) is 6.83. The summed E-state index contributed by atoms with van der Waals surface area (Å²) in [5.74, 6) is -0.918. The summed E-state index contributed by atoms with van der Waals surface area (Å²) < 4.78 is 27.7. The molecule has 0 aromatic heterocycles. The van der Waals surface area contributed by atoms with E-state index in [1.54, 1.807) is 19.1 Å². The number of rotatable bonds is 5. The third kappa shape index (κ3) is 2.56. The van der Waals surface area contributed by atoms with Crippen LogP contribution in [0.3, 0.4) is 0 Å². The molecule has 100 valence electrons. The molecule has 0 bridgehead atoms. The average Bonchev–Trinajstić information content (AvgIpc) is 2.30. The first-order valence-corrected chi connectivity index (χ1v) is 6.83. The van der Waals surface area contributed by atoms with Gasteiger partial charge in [0.05, 0.1) is 0 Å². The highest BCUT2D eigenvalue weighted by atomic mass is 19.2. The van der Waals surface area contributed by atoms with Gasteiger partial charge in [0, 0.05) is 11.6 Å². The minimum absolute atomic E-state index is 0.0335. The summed E-state index contributed by atoms with van der Waals surface area (Å²) in [4.78, 5) is 0. The Labute approximate surface area is 108 Å². The third-order valence-electron chi connectivity index (χ3n) is 3.88. The third-order valence-corrected chi connectivity index (χ3v) is 3.88. The lowest BCUT2D eigenvalue weighted by Crippen LogP contribution is -2.33. The number of hydrogen-bond donors (Lipinski definition) is 1. The molecule has 0 saturated heterocycles. The van der Waals surface area contributed by atoms with E-state index in [0.29, 0.717) is 17.0 Å². The minimum Gasteiger partial charge on any atom is -0.310 e. The standard InChI is InChI=1S/C15H21F2N/c1-3-9-18-15(11-5-4-6-11)12-8-7-10(2)13(16)14(12)17/h7-8,11,15,18H,3-6,9H2,1-2H3. The topological polar surface area (TPSA) is 12.0 Å². The molecule has 2 rings (SSSR count). The van der Waals surface area contributed by atoms with Gasteiger partial charge >= 0.3 is 0 Å². The Morgan fingerprint density at radius 2 is 2.00 bits per heavy atom. The molecule has 1 atom stereocenters. The lowest BCUT2D eigenvalue weighted by molar-refractivity contribution is 0.226. The molecule has 0 heterocycles. The minimum atomic E-state index is -0.699. The molecule has 1 saturated carbocycles. The van der Waals surface area contributed by atoms with E-state index in [2.05, 4.69) is 12.2 Å². The molecular formula is C15H21F2N. The Morgan fingerprint density at radius 3 is 2.56 bits per heavy atom. The summed E-state index contributed by atoms with van der Waals surface area (Å²) >= 11 is 0. The average molecular weight is 253 g/mol. The second-order valence-electron chi connectivity index (χ2n) is 5.22. The molecule has 1 unspecified atom stereocenters. The molecule has 1 aromatic rings. The van der Waals surface area contributed by atoms with Crippen LogP contribution in [-0.4, -0.2) is 6.54 Å². The van der Waals surface area contributed by atoms with Gasteiger partial charge in [-0.1, -0.05) is 25.5 Å². The molecule has 1 aliphatic rings. The van der Waals surface area contributed by atoms with E-state index in [9.17, 15) is 8.78 Å². The molecule has 1 aromatic carbocycles. The fraction of sp³-hybridized carbons (Fsp3) is 0.600. The van der Waals surface area contributed by atoms with Crippen molar-refractivity contribution in [1.29, 1.82) is 0 Å². The molecule has 3 heteroatoms. The van der Waals surface area contributed by atoms with E-state index in [0.717, 1.165) is 25.8 Å². The van der Waals surface area contributed by atoms with Gasteiger partial charge in [0.25, 0.3) is 0 Å². The highest BCUT2D eigenvalue weighted by Crippen LogP contribution is 2.39. The summed E-state index contributed by atoms with van der Waals surface area (Å²) in [6.07, 6.45) is 4.41. The van der Waals surface area contributed by atoms with Crippen molar-refractivity contribution in [3.8, 4) is 0 Å². The van der Waals surface area contributed by atoms with Crippen LogP contribution in [0, 0.1) is 24.5 Å². The first kappa shape index (κ1) is 13.5. The van der Waals surface area contributed by atoms with Crippen LogP contribution in [-0.2, 0) is 0 Å². The van der Waals surface area contributed by atoms with E-state index in [1.807, 2.05) is 0 Å². The van der Waals surface area contributed by atoms with Crippen molar-refractivity contribution in [2.75, 3.05) is 6.54 Å². The van der Waals surface area contributed by atoms with Gasteiger partial charge in [-0.05, 0) is 44.2 Å². The van der Waals surface area contributed by atoms with Gasteiger partial charge < -0.3 is 5.32 Å². The SMILES string of the molecule is CCCNC(c1ccc(C)c(F)c1F)C1CCC1. The maximum atomic E-state index is 14.0. The molecule has 0 amide bonds. The maximum absolute atomic E-state index is 14.0. The number of halogens is 2. The normalized spacial score (nSPS) is 17.6. The van der Waals surface area contributed by atoms with Crippen molar-refractivity contribution in [3.63, 3.8) is 0 Å². The Kier molecular flexibility index (Phi) is 4.33. The molecule has 1 nitrogen and oxygen atoms in total. The van der Waals surface area contributed by atoms with Crippen molar-refractivity contribution in [2.45, 2.75) is 45.6 Å². The number of aryl methyl sites for hydroxylation is 1. The number of benzene rings is 1. The summed E-state index contributed by atoms with van der Waals surface area (Å²) in [6, 6.07) is 3.38. The maximum Gasteiger partial charge on any atom is 0.163 e. The van der Waals surface area contributed by atoms with E-state index in [1.165, 1.54) is 6.42 Å². The van der Waals surface area contributed by atoms with Crippen molar-refractivity contribution < 1.29 is 8.78 Å². The Balaban J connectivity index is 2.26. The smallest absolute Gasteiger partial charge is 0.163 e. The van der Waals surface area contributed by atoms with Crippen molar-refractivity contribution in [1.82, 2.24) is 5.32 Å². The zero-order valence-electron chi connectivity index (χ0n) is 11.1. The Morgan fingerprint density at radius 1 is 1.28 bits per heavy atom. The lowest BCUT2D eigenvalue weighted by Gasteiger charge is -2.35. The van der Waals surface area contributed by atoms with E-state index in [4.69, 9.17) is 0 Å². The highest BCUT2D eigenvalue weighted by molar-refractivity contribution is 5.28. The van der Waals surface area contributed by atoms with Gasteiger partial charge in [-0.25, -0.2) is 8.78 Å². The molecule has 1 N–H and O–H groups in total. The van der Waals surface area contributed by atoms with Crippen molar-refractivity contribution in [3.05, 3.63) is 34.9 Å². The van der Waals surface area contributed by atoms with Crippen molar-refractivity contribution >= 4 is 0 Å². The van der Waals surface area contributed by atoms with Gasteiger partial charge in [-0.2, -0.15) is 0 Å². The van der Waals surface area contributed by atoms with Crippen molar-refractivity contribution in [2.24, 2.45) is 5.92 Å². The van der Waals surface area contributed by atoms with Crippen LogP contribution in [0.5, 0.6) is 0 Å². The second-order valence-corrected chi connectivity index (χ2v) is 5.22. The lowest BCUT2D eigenvalue weighted by atomic mass is 9.77. The molecule has 1 aliphatic carbocycles. The molecule has 0 aliphatic heterocycles. The Hall–Kier alpha value is -0.960. The summed E-state index contributed by atoms with van der Waals surface area (Å²) in [7, 11) is 0.